The van der Waals surface area contributed by atoms with Gasteiger partial charge in [-0.3, -0.25) is 0 Å². The zero-order valence-corrected chi connectivity index (χ0v) is 10.1. The van der Waals surface area contributed by atoms with Crippen LogP contribution in [0, 0.1) is 13.8 Å². The normalized spacial score (nSPS) is 10.2. The molecule has 0 aliphatic rings. The summed E-state index contributed by atoms with van der Waals surface area (Å²) in [6.07, 6.45) is 0. The van der Waals surface area contributed by atoms with Gasteiger partial charge in [0.1, 0.15) is 0 Å². The molecule has 0 aliphatic heterocycles. The van der Waals surface area contributed by atoms with E-state index in [0.29, 0.717) is 0 Å². The highest BCUT2D eigenvalue weighted by Crippen LogP contribution is 2.29. The van der Waals surface area contributed by atoms with E-state index in [1.807, 2.05) is 6.07 Å². The van der Waals surface area contributed by atoms with Gasteiger partial charge in [-0.25, -0.2) is 0 Å². The lowest BCUT2D eigenvalue weighted by Gasteiger charge is -2.23. The van der Waals surface area contributed by atoms with Crippen LogP contribution in [0.1, 0.15) is 11.1 Å². The fraction of sp³-hybridized carbons (Fsp3) is 0.200. The van der Waals surface area contributed by atoms with Crippen molar-refractivity contribution in [3.05, 3.63) is 59.7 Å². The lowest BCUT2D eigenvalue weighted by molar-refractivity contribution is 1.16. The highest BCUT2D eigenvalue weighted by Gasteiger charge is 2.08. The molecular weight excluding hydrogens is 194 g/mol. The van der Waals surface area contributed by atoms with Crippen LogP contribution in [0.4, 0.5) is 11.4 Å². The zero-order valence-electron chi connectivity index (χ0n) is 10.1. The molecule has 0 aromatic heterocycles. The van der Waals surface area contributed by atoms with E-state index in [-0.39, 0.29) is 0 Å². The Kier molecular flexibility index (Phi) is 2.95. The molecule has 0 spiro atoms. The van der Waals surface area contributed by atoms with E-state index in [9.17, 15) is 0 Å². The molecule has 2 aromatic carbocycles. The molecule has 2 aromatic rings. The summed E-state index contributed by atoms with van der Waals surface area (Å²) in [5, 5.41) is 0. The fourth-order valence-corrected chi connectivity index (χ4v) is 2.12. The van der Waals surface area contributed by atoms with Crippen LogP contribution in [-0.2, 0) is 0 Å². The van der Waals surface area contributed by atoms with Crippen LogP contribution in [0.5, 0.6) is 0 Å². The van der Waals surface area contributed by atoms with Crippen molar-refractivity contribution in [3.8, 4) is 0 Å². The first-order chi connectivity index (χ1) is 7.70. The topological polar surface area (TPSA) is 3.24 Å². The number of hydrogen-bond acceptors (Lipinski definition) is 1. The van der Waals surface area contributed by atoms with Gasteiger partial charge in [-0.1, -0.05) is 36.4 Å². The minimum absolute atomic E-state index is 1.22. The molecule has 0 amide bonds. The number of benzene rings is 2. The molecule has 0 atom stereocenters. The van der Waals surface area contributed by atoms with Crippen LogP contribution >= 0.6 is 0 Å². The predicted octanol–water partition coefficient (Wildman–Crippen LogP) is 4.07. The summed E-state index contributed by atoms with van der Waals surface area (Å²) in [7, 11) is 2.12. The van der Waals surface area contributed by atoms with E-state index in [4.69, 9.17) is 0 Å². The first kappa shape index (κ1) is 10.7. The van der Waals surface area contributed by atoms with Gasteiger partial charge in [-0.05, 0) is 37.1 Å². The van der Waals surface area contributed by atoms with Crippen LogP contribution in [0.15, 0.2) is 48.5 Å². The van der Waals surface area contributed by atoms with Gasteiger partial charge in [0.2, 0.25) is 0 Å². The molecule has 1 heteroatoms. The molecular formula is C15H17N. The standard InChI is InChI=1S/C15H17N/c1-12-8-7-9-13(2)15(12)16(3)14-10-5-4-6-11-14/h4-11H,1-3H3. The van der Waals surface area contributed by atoms with Crippen LogP contribution in [0.2, 0.25) is 0 Å². The maximum absolute atomic E-state index is 2.24. The highest BCUT2D eigenvalue weighted by molar-refractivity contribution is 5.68. The molecule has 0 heterocycles. The molecule has 1 nitrogen and oxygen atoms in total. The van der Waals surface area contributed by atoms with Crippen molar-refractivity contribution in [1.29, 1.82) is 0 Å². The number of rotatable bonds is 2. The Balaban J connectivity index is 2.46. The van der Waals surface area contributed by atoms with E-state index in [1.165, 1.54) is 22.5 Å². The van der Waals surface area contributed by atoms with Gasteiger partial charge in [0, 0.05) is 18.4 Å². The number of nitrogens with zero attached hydrogens (tertiary/aromatic N) is 1. The summed E-state index contributed by atoms with van der Waals surface area (Å²) in [4.78, 5) is 2.24. The number of hydrogen-bond donors (Lipinski definition) is 0. The minimum atomic E-state index is 1.22. The first-order valence-corrected chi connectivity index (χ1v) is 5.55. The van der Waals surface area contributed by atoms with Crippen molar-refractivity contribution in [2.45, 2.75) is 13.8 Å². The maximum atomic E-state index is 2.24. The van der Waals surface area contributed by atoms with E-state index < -0.39 is 0 Å². The quantitative estimate of drug-likeness (QED) is 0.723. The average Bonchev–Trinajstić information content (AvgIpc) is 2.30. The summed E-state index contributed by atoms with van der Waals surface area (Å²) < 4.78 is 0. The Morgan fingerprint density at radius 2 is 1.31 bits per heavy atom. The van der Waals surface area contributed by atoms with Crippen LogP contribution in [0.25, 0.3) is 0 Å². The largest absolute Gasteiger partial charge is 0.344 e. The van der Waals surface area contributed by atoms with Gasteiger partial charge in [0.05, 0.1) is 0 Å². The second kappa shape index (κ2) is 4.40. The van der Waals surface area contributed by atoms with E-state index in [1.54, 1.807) is 0 Å². The van der Waals surface area contributed by atoms with Crippen molar-refractivity contribution in [1.82, 2.24) is 0 Å². The van der Waals surface area contributed by atoms with Crippen molar-refractivity contribution in [2.24, 2.45) is 0 Å². The molecule has 0 saturated carbocycles. The monoisotopic (exact) mass is 211 g/mol. The number of para-hydroxylation sites is 2. The zero-order chi connectivity index (χ0) is 11.5. The Bertz CT molecular complexity index is 454. The van der Waals surface area contributed by atoms with E-state index >= 15 is 0 Å². The molecule has 0 radical (unpaired) electrons. The number of aryl methyl sites for hydroxylation is 2. The fourth-order valence-electron chi connectivity index (χ4n) is 2.12. The molecule has 0 aliphatic carbocycles. The molecule has 0 fully saturated rings. The third-order valence-corrected chi connectivity index (χ3v) is 2.92. The van der Waals surface area contributed by atoms with Crippen molar-refractivity contribution in [3.63, 3.8) is 0 Å². The average molecular weight is 211 g/mol. The van der Waals surface area contributed by atoms with E-state index in [2.05, 4.69) is 68.3 Å². The lowest BCUT2D eigenvalue weighted by atomic mass is 10.1. The Labute approximate surface area is 97.3 Å². The third kappa shape index (κ3) is 1.94. The summed E-state index contributed by atoms with van der Waals surface area (Å²) >= 11 is 0. The van der Waals surface area contributed by atoms with Crippen molar-refractivity contribution >= 4 is 11.4 Å². The molecule has 0 N–H and O–H groups in total. The Hall–Kier alpha value is -1.76. The predicted molar refractivity (Wildman–Crippen MR) is 70.4 cm³/mol. The van der Waals surface area contributed by atoms with Crippen LogP contribution in [0.3, 0.4) is 0 Å². The van der Waals surface area contributed by atoms with Gasteiger partial charge < -0.3 is 4.90 Å². The van der Waals surface area contributed by atoms with Gasteiger partial charge in [0.25, 0.3) is 0 Å². The Morgan fingerprint density at radius 1 is 0.750 bits per heavy atom. The van der Waals surface area contributed by atoms with Crippen LogP contribution < -0.4 is 4.90 Å². The third-order valence-electron chi connectivity index (χ3n) is 2.92. The Morgan fingerprint density at radius 3 is 1.88 bits per heavy atom. The molecule has 82 valence electrons. The van der Waals surface area contributed by atoms with Gasteiger partial charge in [-0.2, -0.15) is 0 Å². The smallest absolute Gasteiger partial charge is 0.0467 e. The first-order valence-electron chi connectivity index (χ1n) is 5.55. The van der Waals surface area contributed by atoms with Crippen molar-refractivity contribution < 1.29 is 0 Å². The summed E-state index contributed by atoms with van der Waals surface area (Å²) in [6, 6.07) is 16.9. The second-order valence-corrected chi connectivity index (χ2v) is 4.13. The second-order valence-electron chi connectivity index (χ2n) is 4.13. The summed E-state index contributed by atoms with van der Waals surface area (Å²) in [5.74, 6) is 0. The summed E-state index contributed by atoms with van der Waals surface area (Å²) in [6.45, 7) is 4.31. The minimum Gasteiger partial charge on any atom is -0.344 e. The number of anilines is 2. The van der Waals surface area contributed by atoms with Crippen molar-refractivity contribution in [2.75, 3.05) is 11.9 Å². The lowest BCUT2D eigenvalue weighted by Crippen LogP contribution is -2.12. The van der Waals surface area contributed by atoms with Crippen LogP contribution in [-0.4, -0.2) is 7.05 Å². The molecule has 16 heavy (non-hydrogen) atoms. The van der Waals surface area contributed by atoms with Gasteiger partial charge in [0.15, 0.2) is 0 Å². The van der Waals surface area contributed by atoms with Gasteiger partial charge in [-0.15, -0.1) is 0 Å². The molecule has 2 rings (SSSR count). The highest BCUT2D eigenvalue weighted by atomic mass is 15.1. The molecule has 0 unspecified atom stereocenters. The molecule has 0 saturated heterocycles. The van der Waals surface area contributed by atoms with Gasteiger partial charge >= 0.3 is 0 Å². The van der Waals surface area contributed by atoms with E-state index in [0.717, 1.165) is 0 Å². The SMILES string of the molecule is Cc1cccc(C)c1N(C)c1ccccc1. The maximum Gasteiger partial charge on any atom is 0.0467 e. The summed E-state index contributed by atoms with van der Waals surface area (Å²) in [5.41, 5.74) is 5.14. The molecule has 0 bridgehead atoms.